The summed E-state index contributed by atoms with van der Waals surface area (Å²) in [5, 5.41) is 0. The van der Waals surface area contributed by atoms with Gasteiger partial charge < -0.3 is 11.5 Å². The molecule has 0 aliphatic rings. The van der Waals surface area contributed by atoms with Gasteiger partial charge in [-0.05, 0) is 12.1 Å². The molecule has 14 heavy (non-hydrogen) atoms. The lowest BCUT2D eigenvalue weighted by molar-refractivity contribution is 0.100. The van der Waals surface area contributed by atoms with Crippen LogP contribution in [0, 0.1) is 0 Å². The maximum Gasteiger partial charge on any atom is 0.280 e. The van der Waals surface area contributed by atoms with Crippen LogP contribution in [0.3, 0.4) is 0 Å². The van der Waals surface area contributed by atoms with Gasteiger partial charge in [0.2, 0.25) is 0 Å². The summed E-state index contributed by atoms with van der Waals surface area (Å²) in [4.78, 5) is 14.5. The Labute approximate surface area is 81.4 Å². The zero-order valence-electron chi connectivity index (χ0n) is 7.77. The van der Waals surface area contributed by atoms with Crippen LogP contribution >= 0.6 is 0 Å². The average Bonchev–Trinajstić information content (AvgIpc) is 2.21. The fourth-order valence-electron chi connectivity index (χ4n) is 0.763. The van der Waals surface area contributed by atoms with Crippen LogP contribution in [-0.4, -0.2) is 19.0 Å². The molecule has 0 radical (unpaired) electrons. The van der Waals surface area contributed by atoms with Gasteiger partial charge in [-0.3, -0.25) is 9.18 Å². The summed E-state index contributed by atoms with van der Waals surface area (Å²) < 4.78 is 9.50. The summed E-state index contributed by atoms with van der Waals surface area (Å²) in [6.45, 7) is 0. The second kappa shape index (κ2) is 6.59. The summed E-state index contributed by atoms with van der Waals surface area (Å²) in [5.41, 5.74) is 10.6. The summed E-state index contributed by atoms with van der Waals surface area (Å²) >= 11 is 0. The molecule has 1 aromatic rings. The quantitative estimate of drug-likeness (QED) is 0.513. The van der Waals surface area contributed by atoms with E-state index in [2.05, 4.69) is 4.99 Å². The zero-order chi connectivity index (χ0) is 11.0. The molecule has 0 aliphatic heterocycles. The Balaban J connectivity index is 0.000000791. The van der Waals surface area contributed by atoms with Crippen molar-refractivity contribution in [1.82, 2.24) is 0 Å². The smallest absolute Gasteiger partial charge is 0.280 e. The lowest BCUT2D eigenvalue weighted by atomic mass is 10.2. The van der Waals surface area contributed by atoms with E-state index in [1.54, 1.807) is 24.3 Å². The fraction of sp³-hybridized carbons (Fsp3) is 0.111. The molecule has 76 valence electrons. The normalized spacial score (nSPS) is 8.14. The fourth-order valence-corrected chi connectivity index (χ4v) is 0.763. The molecular weight excluding hydrogens is 185 g/mol. The Morgan fingerprint density at radius 1 is 1.21 bits per heavy atom. The van der Waals surface area contributed by atoms with Crippen molar-refractivity contribution < 1.29 is 9.18 Å². The van der Waals surface area contributed by atoms with Gasteiger partial charge in [0.1, 0.15) is 0 Å². The Hall–Kier alpha value is -1.91. The third-order valence-electron chi connectivity index (χ3n) is 1.25. The lowest BCUT2D eigenvalue weighted by Gasteiger charge is -1.93. The molecule has 0 fully saturated rings. The highest BCUT2D eigenvalue weighted by Gasteiger charge is 2.01. The number of halogens is 1. The Morgan fingerprint density at radius 3 is 2.14 bits per heavy atom. The Morgan fingerprint density at radius 2 is 1.71 bits per heavy atom. The number of carbonyl (C=O) groups excluding carboxylic acids is 1. The monoisotopic (exact) mass is 197 g/mol. The number of nitrogens with zero attached hydrogens (tertiary/aromatic N) is 1. The molecule has 0 unspecified atom stereocenters. The molecule has 0 atom stereocenters. The standard InChI is InChI=1S/C8H9N3O.CH3F/c9-8(10)11-7(12)6-4-2-1-3-5-6;1-2/h1-5H,(H4,9,10,11,12);1H3. The van der Waals surface area contributed by atoms with E-state index in [0.717, 1.165) is 0 Å². The van der Waals surface area contributed by atoms with E-state index in [9.17, 15) is 9.18 Å². The lowest BCUT2D eigenvalue weighted by Crippen LogP contribution is -2.24. The van der Waals surface area contributed by atoms with Gasteiger partial charge in [-0.15, -0.1) is 0 Å². The third kappa shape index (κ3) is 4.20. The van der Waals surface area contributed by atoms with Crippen LogP contribution in [0.2, 0.25) is 0 Å². The number of rotatable bonds is 1. The topological polar surface area (TPSA) is 81.5 Å². The Kier molecular flexibility index (Phi) is 5.69. The number of hydrogen-bond donors (Lipinski definition) is 2. The average molecular weight is 197 g/mol. The van der Waals surface area contributed by atoms with Crippen molar-refractivity contribution in [3.05, 3.63) is 35.9 Å². The minimum Gasteiger partial charge on any atom is -0.370 e. The van der Waals surface area contributed by atoms with Gasteiger partial charge in [0, 0.05) is 5.56 Å². The summed E-state index contributed by atoms with van der Waals surface area (Å²) in [6, 6.07) is 8.60. The third-order valence-corrected chi connectivity index (χ3v) is 1.25. The van der Waals surface area contributed by atoms with Gasteiger partial charge in [-0.25, -0.2) is 0 Å². The highest BCUT2D eigenvalue weighted by Crippen LogP contribution is 1.99. The molecule has 4 N–H and O–H groups in total. The first-order valence-corrected chi connectivity index (χ1v) is 3.77. The molecule has 1 rings (SSSR count). The maximum absolute atomic E-state index is 11.1. The van der Waals surface area contributed by atoms with E-state index >= 15 is 0 Å². The Bertz CT molecular complexity index is 307. The van der Waals surface area contributed by atoms with Gasteiger partial charge in [-0.1, -0.05) is 18.2 Å². The van der Waals surface area contributed by atoms with E-state index in [-0.39, 0.29) is 5.96 Å². The van der Waals surface area contributed by atoms with E-state index < -0.39 is 5.91 Å². The highest BCUT2D eigenvalue weighted by molar-refractivity contribution is 6.01. The minimum absolute atomic E-state index is 0.219. The van der Waals surface area contributed by atoms with Gasteiger partial charge in [0.05, 0.1) is 7.18 Å². The van der Waals surface area contributed by atoms with E-state index in [0.29, 0.717) is 12.7 Å². The molecule has 0 spiro atoms. The molecule has 4 nitrogen and oxygen atoms in total. The number of nitrogens with two attached hydrogens (primary N) is 2. The number of hydrogen-bond acceptors (Lipinski definition) is 1. The van der Waals surface area contributed by atoms with Crippen LogP contribution < -0.4 is 11.5 Å². The molecule has 0 aliphatic carbocycles. The van der Waals surface area contributed by atoms with Crippen molar-refractivity contribution >= 4 is 11.9 Å². The van der Waals surface area contributed by atoms with Crippen LogP contribution in [0.5, 0.6) is 0 Å². The first kappa shape index (κ1) is 12.1. The largest absolute Gasteiger partial charge is 0.370 e. The number of amides is 1. The summed E-state index contributed by atoms with van der Waals surface area (Å²) in [7, 11) is 0.500. The van der Waals surface area contributed by atoms with Crippen molar-refractivity contribution in [3.8, 4) is 0 Å². The van der Waals surface area contributed by atoms with E-state index in [1.165, 1.54) is 0 Å². The molecule has 1 amide bonds. The molecule has 0 saturated heterocycles. The van der Waals surface area contributed by atoms with Crippen molar-refractivity contribution in [2.24, 2.45) is 16.5 Å². The SMILES string of the molecule is CF.NC(N)=NC(=O)c1ccccc1. The second-order valence-corrected chi connectivity index (χ2v) is 2.21. The molecule has 0 heterocycles. The molecule has 1 aromatic carbocycles. The molecular formula is C9H12FN3O. The molecule has 0 bridgehead atoms. The van der Waals surface area contributed by atoms with Crippen molar-refractivity contribution in [3.63, 3.8) is 0 Å². The molecule has 0 saturated carbocycles. The van der Waals surface area contributed by atoms with Crippen molar-refractivity contribution in [2.75, 3.05) is 7.18 Å². The van der Waals surface area contributed by atoms with Crippen molar-refractivity contribution in [2.45, 2.75) is 0 Å². The second-order valence-electron chi connectivity index (χ2n) is 2.21. The first-order valence-electron chi connectivity index (χ1n) is 3.77. The maximum atomic E-state index is 11.1. The van der Waals surface area contributed by atoms with Gasteiger partial charge in [-0.2, -0.15) is 4.99 Å². The number of carbonyl (C=O) groups is 1. The molecule has 5 heteroatoms. The van der Waals surface area contributed by atoms with Crippen LogP contribution in [0.25, 0.3) is 0 Å². The highest BCUT2D eigenvalue weighted by atomic mass is 19.1. The van der Waals surface area contributed by atoms with Crippen LogP contribution in [0.1, 0.15) is 10.4 Å². The minimum atomic E-state index is -0.421. The van der Waals surface area contributed by atoms with Gasteiger partial charge in [0.15, 0.2) is 5.96 Å². The summed E-state index contributed by atoms with van der Waals surface area (Å²) in [6.07, 6.45) is 0. The number of benzene rings is 1. The van der Waals surface area contributed by atoms with Gasteiger partial charge >= 0.3 is 0 Å². The predicted octanol–water partition coefficient (Wildman–Crippen LogP) is 0.686. The van der Waals surface area contributed by atoms with Crippen LogP contribution in [0.15, 0.2) is 35.3 Å². The van der Waals surface area contributed by atoms with E-state index in [1.807, 2.05) is 6.07 Å². The van der Waals surface area contributed by atoms with Crippen molar-refractivity contribution in [1.29, 1.82) is 0 Å². The number of alkyl halides is 1. The predicted molar refractivity (Wildman–Crippen MR) is 53.6 cm³/mol. The first-order chi connectivity index (χ1) is 6.70. The number of aliphatic imine (C=N–C) groups is 1. The zero-order valence-corrected chi connectivity index (χ0v) is 7.77. The summed E-state index contributed by atoms with van der Waals surface area (Å²) in [5.74, 6) is -0.639. The number of guanidine groups is 1. The molecule has 0 aromatic heterocycles. The van der Waals surface area contributed by atoms with Gasteiger partial charge in [0.25, 0.3) is 5.91 Å². The van der Waals surface area contributed by atoms with E-state index in [4.69, 9.17) is 11.5 Å². The van der Waals surface area contributed by atoms with Crippen LogP contribution in [-0.2, 0) is 0 Å². The van der Waals surface area contributed by atoms with Crippen LogP contribution in [0.4, 0.5) is 4.39 Å².